The first-order valence-electron chi connectivity index (χ1n) is 4.70. The molecule has 0 heterocycles. The van der Waals surface area contributed by atoms with Crippen LogP contribution in [0.5, 0.6) is 0 Å². The molecule has 1 rings (SSSR count). The van der Waals surface area contributed by atoms with E-state index in [1.807, 2.05) is 31.1 Å². The monoisotopic (exact) mass is 226 g/mol. The molecule has 0 aliphatic rings. The number of nitrogens with zero attached hydrogens (tertiary/aromatic N) is 1. The largest absolute Gasteiger partial charge is 0.369 e. The SMILES string of the molecule is CN(C)C[C@@H](C(N)=O)c1ccc(Cl)cc1. The first-order chi connectivity index (χ1) is 7.00. The third-order valence-electron chi connectivity index (χ3n) is 2.16. The van der Waals surface area contributed by atoms with E-state index in [0.29, 0.717) is 11.6 Å². The van der Waals surface area contributed by atoms with Gasteiger partial charge in [0.15, 0.2) is 0 Å². The summed E-state index contributed by atoms with van der Waals surface area (Å²) in [6.45, 7) is 0.608. The molecule has 15 heavy (non-hydrogen) atoms. The first kappa shape index (κ1) is 12.0. The van der Waals surface area contributed by atoms with Crippen LogP contribution in [-0.4, -0.2) is 31.4 Å². The maximum absolute atomic E-state index is 11.3. The third-order valence-corrected chi connectivity index (χ3v) is 2.42. The molecule has 0 unspecified atom stereocenters. The second kappa shape index (κ2) is 5.14. The summed E-state index contributed by atoms with van der Waals surface area (Å²) in [4.78, 5) is 13.2. The Labute approximate surface area is 94.8 Å². The Balaban J connectivity index is 2.89. The Bertz CT molecular complexity index is 335. The van der Waals surface area contributed by atoms with Crippen molar-refractivity contribution in [2.75, 3.05) is 20.6 Å². The summed E-state index contributed by atoms with van der Waals surface area (Å²) >= 11 is 5.78. The lowest BCUT2D eigenvalue weighted by Gasteiger charge is -2.18. The van der Waals surface area contributed by atoms with Gasteiger partial charge in [-0.15, -0.1) is 0 Å². The quantitative estimate of drug-likeness (QED) is 0.845. The lowest BCUT2D eigenvalue weighted by atomic mass is 9.98. The molecule has 1 atom stereocenters. The van der Waals surface area contributed by atoms with Crippen LogP contribution in [0.1, 0.15) is 11.5 Å². The summed E-state index contributed by atoms with van der Waals surface area (Å²) in [5.41, 5.74) is 6.26. The smallest absolute Gasteiger partial charge is 0.226 e. The highest BCUT2D eigenvalue weighted by Crippen LogP contribution is 2.18. The number of amides is 1. The van der Waals surface area contributed by atoms with Crippen LogP contribution in [0.4, 0.5) is 0 Å². The molecule has 0 bridgehead atoms. The molecule has 1 aromatic carbocycles. The van der Waals surface area contributed by atoms with Gasteiger partial charge in [0, 0.05) is 11.6 Å². The van der Waals surface area contributed by atoms with Gasteiger partial charge in [-0.05, 0) is 31.8 Å². The zero-order chi connectivity index (χ0) is 11.4. The summed E-state index contributed by atoms with van der Waals surface area (Å²) in [6, 6.07) is 7.20. The molecule has 1 amide bonds. The molecule has 0 aliphatic heterocycles. The van der Waals surface area contributed by atoms with Crippen molar-refractivity contribution in [3.63, 3.8) is 0 Å². The van der Waals surface area contributed by atoms with Gasteiger partial charge < -0.3 is 10.6 Å². The lowest BCUT2D eigenvalue weighted by Crippen LogP contribution is -2.30. The molecule has 0 aromatic heterocycles. The van der Waals surface area contributed by atoms with Crippen molar-refractivity contribution in [3.05, 3.63) is 34.9 Å². The Morgan fingerprint density at radius 3 is 2.33 bits per heavy atom. The van der Waals surface area contributed by atoms with Gasteiger partial charge >= 0.3 is 0 Å². The zero-order valence-corrected chi connectivity index (χ0v) is 9.66. The van der Waals surface area contributed by atoms with Crippen LogP contribution in [-0.2, 0) is 4.79 Å². The maximum atomic E-state index is 11.3. The first-order valence-corrected chi connectivity index (χ1v) is 5.08. The van der Waals surface area contributed by atoms with Gasteiger partial charge in [0.1, 0.15) is 0 Å². The van der Waals surface area contributed by atoms with E-state index in [4.69, 9.17) is 17.3 Å². The van der Waals surface area contributed by atoms with Gasteiger partial charge in [0.2, 0.25) is 5.91 Å². The molecule has 0 aliphatic carbocycles. The number of benzene rings is 1. The van der Waals surface area contributed by atoms with E-state index in [9.17, 15) is 4.79 Å². The van der Waals surface area contributed by atoms with Crippen molar-refractivity contribution >= 4 is 17.5 Å². The van der Waals surface area contributed by atoms with Crippen molar-refractivity contribution in [2.45, 2.75) is 5.92 Å². The molecule has 0 spiro atoms. The highest BCUT2D eigenvalue weighted by atomic mass is 35.5. The number of hydrogen-bond acceptors (Lipinski definition) is 2. The van der Waals surface area contributed by atoms with E-state index in [0.717, 1.165) is 5.56 Å². The summed E-state index contributed by atoms with van der Waals surface area (Å²) in [7, 11) is 3.82. The van der Waals surface area contributed by atoms with Crippen LogP contribution in [0.3, 0.4) is 0 Å². The second-order valence-electron chi connectivity index (χ2n) is 3.77. The van der Waals surface area contributed by atoms with Gasteiger partial charge in [0.25, 0.3) is 0 Å². The fraction of sp³-hybridized carbons (Fsp3) is 0.364. The van der Waals surface area contributed by atoms with Crippen molar-refractivity contribution in [2.24, 2.45) is 5.73 Å². The fourth-order valence-electron chi connectivity index (χ4n) is 1.42. The Morgan fingerprint density at radius 1 is 1.40 bits per heavy atom. The van der Waals surface area contributed by atoms with Crippen molar-refractivity contribution in [3.8, 4) is 0 Å². The Hall–Kier alpha value is -1.06. The van der Waals surface area contributed by atoms with E-state index in [-0.39, 0.29) is 11.8 Å². The number of likely N-dealkylation sites (N-methyl/N-ethyl adjacent to an activating group) is 1. The van der Waals surface area contributed by atoms with Crippen LogP contribution in [0.2, 0.25) is 5.02 Å². The van der Waals surface area contributed by atoms with E-state index in [1.165, 1.54) is 0 Å². The van der Waals surface area contributed by atoms with E-state index in [2.05, 4.69) is 0 Å². The predicted octanol–water partition coefficient (Wildman–Crippen LogP) is 1.47. The van der Waals surface area contributed by atoms with Crippen molar-refractivity contribution in [1.29, 1.82) is 0 Å². The third kappa shape index (κ3) is 3.53. The van der Waals surface area contributed by atoms with Crippen LogP contribution in [0.15, 0.2) is 24.3 Å². The van der Waals surface area contributed by atoms with E-state index < -0.39 is 0 Å². The average Bonchev–Trinajstić information content (AvgIpc) is 2.15. The summed E-state index contributed by atoms with van der Waals surface area (Å²) in [5.74, 6) is -0.594. The van der Waals surface area contributed by atoms with Crippen LogP contribution in [0, 0.1) is 0 Å². The molecule has 1 aromatic rings. The van der Waals surface area contributed by atoms with Crippen LogP contribution in [0.25, 0.3) is 0 Å². The summed E-state index contributed by atoms with van der Waals surface area (Å²) in [6.07, 6.45) is 0. The number of nitrogens with two attached hydrogens (primary N) is 1. The minimum absolute atomic E-state index is 0.280. The standard InChI is InChI=1S/C11H15ClN2O/c1-14(2)7-10(11(13)15)8-3-5-9(12)6-4-8/h3-6,10H,7H2,1-2H3,(H2,13,15)/t10-/m1/s1. The van der Waals surface area contributed by atoms with Crippen molar-refractivity contribution in [1.82, 2.24) is 4.90 Å². The second-order valence-corrected chi connectivity index (χ2v) is 4.21. The summed E-state index contributed by atoms with van der Waals surface area (Å²) in [5, 5.41) is 0.659. The molecule has 2 N–H and O–H groups in total. The number of primary amides is 1. The molecule has 0 saturated heterocycles. The van der Waals surface area contributed by atoms with E-state index >= 15 is 0 Å². The number of hydrogen-bond donors (Lipinski definition) is 1. The lowest BCUT2D eigenvalue weighted by molar-refractivity contribution is -0.119. The van der Waals surface area contributed by atoms with Gasteiger partial charge in [0.05, 0.1) is 5.92 Å². The fourth-order valence-corrected chi connectivity index (χ4v) is 1.55. The number of rotatable bonds is 4. The minimum Gasteiger partial charge on any atom is -0.369 e. The Morgan fingerprint density at radius 2 is 1.93 bits per heavy atom. The summed E-state index contributed by atoms with van der Waals surface area (Å²) < 4.78 is 0. The molecule has 0 fully saturated rings. The molecular weight excluding hydrogens is 212 g/mol. The van der Waals surface area contributed by atoms with E-state index in [1.54, 1.807) is 12.1 Å². The molecular formula is C11H15ClN2O. The zero-order valence-electron chi connectivity index (χ0n) is 8.90. The number of halogens is 1. The topological polar surface area (TPSA) is 46.3 Å². The highest BCUT2D eigenvalue weighted by Gasteiger charge is 2.18. The normalized spacial score (nSPS) is 12.8. The van der Waals surface area contributed by atoms with Crippen LogP contribution >= 0.6 is 11.6 Å². The van der Waals surface area contributed by atoms with Gasteiger partial charge in [-0.25, -0.2) is 0 Å². The molecule has 0 saturated carbocycles. The van der Waals surface area contributed by atoms with Gasteiger partial charge in [-0.2, -0.15) is 0 Å². The molecule has 4 heteroatoms. The molecule has 0 radical (unpaired) electrons. The highest BCUT2D eigenvalue weighted by molar-refractivity contribution is 6.30. The number of carbonyl (C=O) groups is 1. The Kier molecular flexibility index (Phi) is 4.12. The molecule has 82 valence electrons. The predicted molar refractivity (Wildman–Crippen MR) is 61.9 cm³/mol. The minimum atomic E-state index is -0.314. The van der Waals surface area contributed by atoms with Crippen molar-refractivity contribution < 1.29 is 4.79 Å². The average molecular weight is 227 g/mol. The van der Waals surface area contributed by atoms with Gasteiger partial charge in [-0.1, -0.05) is 23.7 Å². The maximum Gasteiger partial charge on any atom is 0.226 e. The molecule has 3 nitrogen and oxygen atoms in total. The van der Waals surface area contributed by atoms with Crippen LogP contribution < -0.4 is 5.73 Å². The van der Waals surface area contributed by atoms with Gasteiger partial charge in [-0.3, -0.25) is 4.79 Å². The number of carbonyl (C=O) groups excluding carboxylic acids is 1.